The molecule has 0 aliphatic carbocycles. The van der Waals surface area contributed by atoms with E-state index in [4.69, 9.17) is 4.74 Å². The lowest BCUT2D eigenvalue weighted by Crippen LogP contribution is -1.97. The van der Waals surface area contributed by atoms with Crippen LogP contribution < -0.4 is 0 Å². The zero-order chi connectivity index (χ0) is 9.80. The summed E-state index contributed by atoms with van der Waals surface area (Å²) in [5.41, 5.74) is 1.21. The Bertz CT molecular complexity index is 302. The molecule has 0 spiro atoms. The molecule has 1 unspecified atom stereocenters. The Hall–Kier alpha value is -0.670. The molecular weight excluding hydrogens is 194 g/mol. The predicted octanol–water partition coefficient (Wildman–Crippen LogP) is 2.77. The molecule has 2 rings (SSSR count). The molecule has 1 aliphatic heterocycles. The molecule has 3 heteroatoms. The minimum atomic E-state index is 0.553. The van der Waals surface area contributed by atoms with Crippen molar-refractivity contribution in [2.45, 2.75) is 25.2 Å². The number of aromatic nitrogens is 1. The first-order valence-corrected chi connectivity index (χ1v) is 5.91. The molecule has 0 amide bonds. The second kappa shape index (κ2) is 4.71. The van der Waals surface area contributed by atoms with Crippen LogP contribution >= 0.6 is 11.3 Å². The van der Waals surface area contributed by atoms with Crippen LogP contribution in [0.2, 0.25) is 0 Å². The fraction of sp³-hybridized carbons (Fsp3) is 0.545. The van der Waals surface area contributed by atoms with E-state index in [0.29, 0.717) is 5.92 Å². The number of thiazole rings is 1. The Morgan fingerprint density at radius 2 is 2.64 bits per heavy atom. The number of rotatable bonds is 4. The van der Waals surface area contributed by atoms with Gasteiger partial charge in [-0.2, -0.15) is 0 Å². The van der Waals surface area contributed by atoms with Gasteiger partial charge in [0.25, 0.3) is 0 Å². The fourth-order valence-electron chi connectivity index (χ4n) is 1.60. The summed E-state index contributed by atoms with van der Waals surface area (Å²) in [5.74, 6) is 0.553. The summed E-state index contributed by atoms with van der Waals surface area (Å²) >= 11 is 1.77. The first-order chi connectivity index (χ1) is 6.90. The van der Waals surface area contributed by atoms with E-state index in [1.165, 1.54) is 10.7 Å². The van der Waals surface area contributed by atoms with Crippen LogP contribution in [-0.2, 0) is 11.2 Å². The number of hydrogen-bond acceptors (Lipinski definition) is 3. The Morgan fingerprint density at radius 3 is 3.36 bits per heavy atom. The monoisotopic (exact) mass is 209 g/mol. The first-order valence-electron chi connectivity index (χ1n) is 5.03. The van der Waals surface area contributed by atoms with Crippen molar-refractivity contribution in [3.8, 4) is 0 Å². The molecular formula is C11H15NOS. The second-order valence-electron chi connectivity index (χ2n) is 3.56. The molecule has 14 heavy (non-hydrogen) atoms. The summed E-state index contributed by atoms with van der Waals surface area (Å²) in [7, 11) is 0. The average molecular weight is 209 g/mol. The summed E-state index contributed by atoms with van der Waals surface area (Å²) in [5, 5.41) is 3.42. The van der Waals surface area contributed by atoms with E-state index in [0.717, 1.165) is 32.5 Å². The molecule has 76 valence electrons. The molecule has 1 aromatic heterocycles. The van der Waals surface area contributed by atoms with Crippen LogP contribution in [0.3, 0.4) is 0 Å². The quantitative estimate of drug-likeness (QED) is 0.711. The van der Waals surface area contributed by atoms with Crippen molar-refractivity contribution >= 4 is 11.3 Å². The maximum absolute atomic E-state index is 5.35. The van der Waals surface area contributed by atoms with Crippen LogP contribution in [0, 0.1) is 0 Å². The van der Waals surface area contributed by atoms with E-state index in [1.54, 1.807) is 11.3 Å². The third kappa shape index (κ3) is 2.22. The number of allylic oxidation sites excluding steroid dienone is 1. The standard InChI is InChI=1S/C11H15NOS/c1-2-3-4-10-8-14-11(12-10)9-5-6-13-7-9/h2,8-9H,1,3-7H2. The lowest BCUT2D eigenvalue weighted by molar-refractivity contribution is 0.194. The zero-order valence-electron chi connectivity index (χ0n) is 8.24. The Kier molecular flexibility index (Phi) is 3.32. The second-order valence-corrected chi connectivity index (χ2v) is 4.45. The van der Waals surface area contributed by atoms with Gasteiger partial charge in [-0.1, -0.05) is 6.08 Å². The zero-order valence-corrected chi connectivity index (χ0v) is 9.05. The molecule has 0 bridgehead atoms. The van der Waals surface area contributed by atoms with E-state index < -0.39 is 0 Å². The molecule has 1 aliphatic rings. The van der Waals surface area contributed by atoms with Crippen LogP contribution in [0.1, 0.15) is 29.5 Å². The van der Waals surface area contributed by atoms with Gasteiger partial charge in [-0.25, -0.2) is 4.98 Å². The van der Waals surface area contributed by atoms with Crippen molar-refractivity contribution in [1.82, 2.24) is 4.98 Å². The summed E-state index contributed by atoms with van der Waals surface area (Å²) in [6.07, 6.45) is 5.12. The molecule has 0 saturated carbocycles. The van der Waals surface area contributed by atoms with E-state index >= 15 is 0 Å². The van der Waals surface area contributed by atoms with E-state index in [9.17, 15) is 0 Å². The molecule has 1 atom stereocenters. The lowest BCUT2D eigenvalue weighted by atomic mass is 10.1. The van der Waals surface area contributed by atoms with Gasteiger partial charge in [-0.3, -0.25) is 0 Å². The SMILES string of the molecule is C=CCCc1csc(C2CCOC2)n1. The third-order valence-corrected chi connectivity index (χ3v) is 3.51. The summed E-state index contributed by atoms with van der Waals surface area (Å²) in [6.45, 7) is 5.47. The van der Waals surface area contributed by atoms with Crippen LogP contribution in [0.15, 0.2) is 18.0 Å². The van der Waals surface area contributed by atoms with Gasteiger partial charge in [0.05, 0.1) is 17.3 Å². The largest absolute Gasteiger partial charge is 0.381 e. The van der Waals surface area contributed by atoms with E-state index in [2.05, 4.69) is 16.9 Å². The number of nitrogens with zero attached hydrogens (tertiary/aromatic N) is 1. The highest BCUT2D eigenvalue weighted by Gasteiger charge is 2.20. The molecule has 1 fully saturated rings. The van der Waals surface area contributed by atoms with Gasteiger partial charge in [0, 0.05) is 17.9 Å². The molecule has 2 heterocycles. The third-order valence-electron chi connectivity index (χ3n) is 2.45. The van der Waals surface area contributed by atoms with E-state index in [1.807, 2.05) is 6.08 Å². The van der Waals surface area contributed by atoms with Crippen molar-refractivity contribution in [1.29, 1.82) is 0 Å². The Labute approximate surface area is 88.6 Å². The maximum Gasteiger partial charge on any atom is 0.0983 e. The highest BCUT2D eigenvalue weighted by atomic mass is 32.1. The molecule has 2 nitrogen and oxygen atoms in total. The normalized spacial score (nSPS) is 21.3. The number of aryl methyl sites for hydroxylation is 1. The Morgan fingerprint density at radius 1 is 1.71 bits per heavy atom. The van der Waals surface area contributed by atoms with Crippen molar-refractivity contribution in [2.24, 2.45) is 0 Å². The minimum absolute atomic E-state index is 0.553. The van der Waals surface area contributed by atoms with Crippen LogP contribution in [0.25, 0.3) is 0 Å². The van der Waals surface area contributed by atoms with Crippen molar-refractivity contribution in [2.75, 3.05) is 13.2 Å². The molecule has 0 aromatic carbocycles. The fourth-order valence-corrected chi connectivity index (χ4v) is 2.58. The van der Waals surface area contributed by atoms with Crippen LogP contribution in [0.5, 0.6) is 0 Å². The first kappa shape index (κ1) is 9.87. The minimum Gasteiger partial charge on any atom is -0.381 e. The van der Waals surface area contributed by atoms with Gasteiger partial charge < -0.3 is 4.74 Å². The van der Waals surface area contributed by atoms with Gasteiger partial charge in [0.2, 0.25) is 0 Å². The molecule has 1 aromatic rings. The highest BCUT2D eigenvalue weighted by molar-refractivity contribution is 7.09. The summed E-state index contributed by atoms with van der Waals surface area (Å²) in [4.78, 5) is 4.62. The van der Waals surface area contributed by atoms with Gasteiger partial charge in [0.1, 0.15) is 0 Å². The van der Waals surface area contributed by atoms with Crippen LogP contribution in [0.4, 0.5) is 0 Å². The average Bonchev–Trinajstić information content (AvgIpc) is 2.85. The van der Waals surface area contributed by atoms with Gasteiger partial charge in [-0.05, 0) is 19.3 Å². The van der Waals surface area contributed by atoms with E-state index in [-0.39, 0.29) is 0 Å². The summed E-state index contributed by atoms with van der Waals surface area (Å²) in [6, 6.07) is 0. The van der Waals surface area contributed by atoms with Crippen molar-refractivity contribution < 1.29 is 4.74 Å². The van der Waals surface area contributed by atoms with Gasteiger partial charge >= 0.3 is 0 Å². The summed E-state index contributed by atoms with van der Waals surface area (Å²) < 4.78 is 5.35. The van der Waals surface area contributed by atoms with Crippen LogP contribution in [-0.4, -0.2) is 18.2 Å². The molecule has 1 saturated heterocycles. The predicted molar refractivity (Wildman–Crippen MR) is 58.8 cm³/mol. The molecule has 0 N–H and O–H groups in total. The Balaban J connectivity index is 1.97. The highest BCUT2D eigenvalue weighted by Crippen LogP contribution is 2.27. The maximum atomic E-state index is 5.35. The van der Waals surface area contributed by atoms with Gasteiger partial charge in [0.15, 0.2) is 0 Å². The molecule has 0 radical (unpaired) electrons. The number of ether oxygens (including phenoxy) is 1. The lowest BCUT2D eigenvalue weighted by Gasteiger charge is -2.00. The van der Waals surface area contributed by atoms with Crippen molar-refractivity contribution in [3.63, 3.8) is 0 Å². The smallest absolute Gasteiger partial charge is 0.0983 e. The van der Waals surface area contributed by atoms with Crippen molar-refractivity contribution in [3.05, 3.63) is 28.7 Å². The topological polar surface area (TPSA) is 22.1 Å². The number of hydrogen-bond donors (Lipinski definition) is 0. The van der Waals surface area contributed by atoms with Gasteiger partial charge in [-0.15, -0.1) is 17.9 Å².